The summed E-state index contributed by atoms with van der Waals surface area (Å²) < 4.78 is 0. The fourth-order valence-electron chi connectivity index (χ4n) is 23.6. The summed E-state index contributed by atoms with van der Waals surface area (Å²) >= 11 is 0. The van der Waals surface area contributed by atoms with E-state index >= 15 is 0 Å². The summed E-state index contributed by atoms with van der Waals surface area (Å²) in [6.07, 6.45) is 24.2. The van der Waals surface area contributed by atoms with Crippen molar-refractivity contribution in [3.63, 3.8) is 0 Å². The fraction of sp³-hybridized carbons (Fsp3) is 0.439. The number of benzene rings is 7. The largest absolute Gasteiger partial charge is 0.189 e. The molecule has 8 aliphatic rings. The van der Waals surface area contributed by atoms with E-state index < -0.39 is 26.8 Å². The van der Waals surface area contributed by atoms with Crippen LogP contribution in [0.2, 0.25) is 0 Å². The molecular formula is C82H98B2P2. The molecule has 4 heteroatoms. The van der Waals surface area contributed by atoms with Gasteiger partial charge in [0.25, 0.3) is 0 Å². The molecule has 7 aromatic carbocycles. The highest BCUT2D eigenvalue weighted by molar-refractivity contribution is 7.95. The predicted molar refractivity (Wildman–Crippen MR) is 385 cm³/mol. The van der Waals surface area contributed by atoms with Crippen LogP contribution >= 0.6 is 14.5 Å². The number of aryl methyl sites for hydroxylation is 12. The Morgan fingerprint density at radius 1 is 0.279 bits per heavy atom. The standard InChI is InChI=1S/C82H98B2P2/c1-51-41-55(5)75(56(6)42-51)83(76-57(7)43-52(2)44-58(76)8)71-39-27-25-37-67(71)81-80(83)70-49-72-69(50-74(70)86(81,65-33-21-15-22-34-65)66-35-23-16-24-36-66)82-79(84(72,77-59(9)45-53(3)46-60(77)10)78-61(11)47-54(4)48-62(78)12)68-38-26-28-40-73(68)85(82,63-29-17-13-18-30-63)64-31-19-14-20-32-64/h25-28,37-50,63-66H,13-24,29-36H2,1-12H3. The minimum Gasteiger partial charge on any atom is -0.189 e. The highest BCUT2D eigenvalue weighted by atomic mass is 31.2. The van der Waals surface area contributed by atoms with Crippen LogP contribution in [-0.2, 0) is 0 Å². The van der Waals surface area contributed by atoms with E-state index in [1.54, 1.807) is 66.0 Å². The van der Waals surface area contributed by atoms with Gasteiger partial charge in [-0.3, -0.25) is 0 Å². The van der Waals surface area contributed by atoms with Crippen molar-refractivity contribution in [2.24, 2.45) is 0 Å². The van der Waals surface area contributed by atoms with Crippen LogP contribution in [0.5, 0.6) is 0 Å². The first-order chi connectivity index (χ1) is 41.6. The van der Waals surface area contributed by atoms with E-state index in [2.05, 4.69) is 192 Å². The van der Waals surface area contributed by atoms with Crippen LogP contribution in [0, 0.1) is 83.1 Å². The lowest BCUT2D eigenvalue weighted by atomic mass is 9.11. The molecule has 0 amide bonds. The minimum absolute atomic E-state index is 0.689. The molecule has 0 spiro atoms. The Kier molecular flexibility index (Phi) is 14.3. The van der Waals surface area contributed by atoms with E-state index in [0.29, 0.717) is 11.3 Å². The van der Waals surface area contributed by atoms with Gasteiger partial charge >= 0.3 is 0 Å². The Morgan fingerprint density at radius 3 is 0.965 bits per heavy atom. The van der Waals surface area contributed by atoms with Crippen LogP contribution in [0.25, 0.3) is 21.6 Å². The molecule has 0 atom stereocenters. The summed E-state index contributed by atoms with van der Waals surface area (Å²) in [6, 6.07) is 48.0. The van der Waals surface area contributed by atoms with Crippen LogP contribution < -0.4 is 43.4 Å². The van der Waals surface area contributed by atoms with Crippen molar-refractivity contribution in [2.75, 3.05) is 0 Å². The topological polar surface area (TPSA) is 0 Å². The summed E-state index contributed by atoms with van der Waals surface area (Å²) in [6.45, 7) is 29.7. The Morgan fingerprint density at radius 2 is 0.581 bits per heavy atom. The maximum Gasteiger partial charge on any atom is 0.116 e. The molecule has 0 aromatic heterocycles. The maximum absolute atomic E-state index is 3.23. The number of fused-ring (bicyclic) bond motifs is 8. The van der Waals surface area contributed by atoms with E-state index in [1.807, 2.05) is 21.2 Å². The molecule has 4 aliphatic carbocycles. The normalized spacial score (nSPS) is 21.3. The van der Waals surface area contributed by atoms with Gasteiger partial charge in [0, 0.05) is 0 Å². The summed E-state index contributed by atoms with van der Waals surface area (Å²) in [5, 5.41) is 7.57. The van der Waals surface area contributed by atoms with Crippen LogP contribution in [0.15, 0.2) is 109 Å². The van der Waals surface area contributed by atoms with Crippen molar-refractivity contribution in [1.29, 1.82) is 0 Å². The zero-order valence-electron chi connectivity index (χ0n) is 54.9. The van der Waals surface area contributed by atoms with E-state index in [1.165, 1.54) is 195 Å². The molecule has 7 aromatic rings. The Bertz CT molecular complexity index is 3780. The first kappa shape index (κ1) is 57.4. The van der Waals surface area contributed by atoms with Crippen molar-refractivity contribution in [2.45, 2.75) is 234 Å². The van der Waals surface area contributed by atoms with Gasteiger partial charge < -0.3 is 0 Å². The second-order valence-electron chi connectivity index (χ2n) is 30.3. The third kappa shape index (κ3) is 7.75. The molecule has 15 rings (SSSR count). The number of rotatable bonds is 8. The maximum atomic E-state index is 3.23. The van der Waals surface area contributed by atoms with Gasteiger partial charge in [0.1, 0.15) is 22.9 Å². The molecule has 0 unspecified atom stereocenters. The highest BCUT2D eigenvalue weighted by Crippen LogP contribution is 2.87. The van der Waals surface area contributed by atoms with Gasteiger partial charge in [-0.25, -0.2) is 0 Å². The molecule has 4 aliphatic heterocycles. The highest BCUT2D eigenvalue weighted by Gasteiger charge is 2.70. The van der Waals surface area contributed by atoms with Crippen molar-refractivity contribution in [1.82, 2.24) is 0 Å². The van der Waals surface area contributed by atoms with Crippen LogP contribution in [0.3, 0.4) is 0 Å². The van der Waals surface area contributed by atoms with Gasteiger partial charge in [-0.15, -0.1) is 10.9 Å². The monoisotopic (exact) mass is 1170 g/mol. The minimum atomic E-state index is -2.22. The first-order valence-corrected chi connectivity index (χ1v) is 38.8. The zero-order valence-corrected chi connectivity index (χ0v) is 56.7. The predicted octanol–water partition coefficient (Wildman–Crippen LogP) is 17.8. The van der Waals surface area contributed by atoms with Crippen molar-refractivity contribution in [3.05, 3.63) is 198 Å². The lowest BCUT2D eigenvalue weighted by Crippen LogP contribution is -2.71. The Hall–Kier alpha value is -4.99. The van der Waals surface area contributed by atoms with Crippen molar-refractivity contribution < 1.29 is 0 Å². The molecule has 4 fully saturated rings. The molecule has 0 radical (unpaired) electrons. The number of hydrogen-bond acceptors (Lipinski definition) is 0. The van der Waals surface area contributed by atoms with Gasteiger partial charge in [0.2, 0.25) is 0 Å². The SMILES string of the molecule is Cc1cc(C)c([B-]2(c3c(C)cc(C)cc3C)C3=C(c4cc5c(cc42)C2=C(c4ccccc4[B-]2(c2c(C)cc(C)cc2C)c2c(C)cc(C)cc2C)[P+]5(C2CCCCC2)C2CCCCC2)[P+](C2CCCCC2)(C2CCCCC2)c2ccccc23)c(C)c1. The summed E-state index contributed by atoms with van der Waals surface area (Å²) in [7, 11) is -4.31. The van der Waals surface area contributed by atoms with E-state index in [0.717, 1.165) is 11.3 Å². The van der Waals surface area contributed by atoms with Gasteiger partial charge in [0.05, 0.1) is 47.8 Å². The van der Waals surface area contributed by atoms with Crippen molar-refractivity contribution >= 4 is 91.8 Å². The van der Waals surface area contributed by atoms with Crippen molar-refractivity contribution in [3.8, 4) is 0 Å². The molecule has 4 saturated carbocycles. The van der Waals surface area contributed by atoms with Gasteiger partial charge in [0.15, 0.2) is 0 Å². The first-order valence-electron chi connectivity index (χ1n) is 34.9. The molecule has 0 N–H and O–H groups in total. The summed E-state index contributed by atoms with van der Waals surface area (Å²) in [4.78, 5) is 0. The van der Waals surface area contributed by atoms with Gasteiger partial charge in [-0.05, 0) is 220 Å². The molecule has 0 saturated heterocycles. The van der Waals surface area contributed by atoms with Crippen LogP contribution in [0.4, 0.5) is 0 Å². The van der Waals surface area contributed by atoms with E-state index in [-0.39, 0.29) is 0 Å². The second kappa shape index (κ2) is 21.3. The lowest BCUT2D eigenvalue weighted by molar-refractivity contribution is 0.484. The summed E-state index contributed by atoms with van der Waals surface area (Å²) in [5.41, 5.74) is 40.4. The van der Waals surface area contributed by atoms with Crippen LogP contribution in [-0.4, -0.2) is 34.9 Å². The van der Waals surface area contributed by atoms with Gasteiger partial charge in [-0.2, -0.15) is 32.8 Å². The average Bonchev–Trinajstić information content (AvgIpc) is 1.47. The Labute approximate surface area is 520 Å². The zero-order chi connectivity index (χ0) is 59.3. The average molecular weight is 1170 g/mol. The quantitative estimate of drug-likeness (QED) is 0.105. The third-order valence-corrected chi connectivity index (χ3v) is 36.7. The smallest absolute Gasteiger partial charge is 0.116 e. The molecular weight excluding hydrogens is 1070 g/mol. The molecule has 4 heterocycles. The van der Waals surface area contributed by atoms with Gasteiger partial charge in [-0.1, -0.05) is 190 Å². The molecule has 442 valence electrons. The molecule has 0 bridgehead atoms. The van der Waals surface area contributed by atoms with Crippen LogP contribution in [0.1, 0.15) is 217 Å². The van der Waals surface area contributed by atoms with E-state index in [4.69, 9.17) is 0 Å². The Balaban J connectivity index is 1.21. The molecule has 86 heavy (non-hydrogen) atoms. The molecule has 0 nitrogen and oxygen atoms in total. The fourth-order valence-corrected chi connectivity index (χ4v) is 37.5. The lowest BCUT2D eigenvalue weighted by Gasteiger charge is -2.49. The number of hydrogen-bond donors (Lipinski definition) is 0. The third-order valence-electron chi connectivity index (χ3n) is 25.3. The van der Waals surface area contributed by atoms with E-state index in [9.17, 15) is 0 Å². The summed E-state index contributed by atoms with van der Waals surface area (Å²) in [5.74, 6) is 0. The second-order valence-corrected chi connectivity index (χ2v) is 38.2.